The molecule has 2 heterocycles. The van der Waals surface area contributed by atoms with E-state index in [0.717, 1.165) is 31.9 Å². The molecule has 0 aliphatic carbocycles. The largest absolute Gasteiger partial charge is 0.378 e. The van der Waals surface area contributed by atoms with Crippen LogP contribution in [0.4, 0.5) is 0 Å². The van der Waals surface area contributed by atoms with Crippen LogP contribution in [0.1, 0.15) is 5.56 Å². The third kappa shape index (κ3) is 2.53. The van der Waals surface area contributed by atoms with Gasteiger partial charge in [-0.2, -0.15) is 5.10 Å². The van der Waals surface area contributed by atoms with Crippen LogP contribution in [0.15, 0.2) is 29.6 Å². The van der Waals surface area contributed by atoms with Gasteiger partial charge in [0.1, 0.15) is 0 Å². The molecule has 0 bridgehead atoms. The molecule has 1 aliphatic rings. The first-order chi connectivity index (χ1) is 6.95. The number of morpholine rings is 1. The minimum Gasteiger partial charge on any atom is -0.378 e. The Bertz CT molecular complexity index is 293. The molecule has 4 nitrogen and oxygen atoms in total. The third-order valence-electron chi connectivity index (χ3n) is 2.04. The van der Waals surface area contributed by atoms with Crippen molar-refractivity contribution in [3.63, 3.8) is 0 Å². The van der Waals surface area contributed by atoms with E-state index in [2.05, 4.69) is 10.1 Å². The fourth-order valence-electron chi connectivity index (χ4n) is 1.27. The molecule has 0 spiro atoms. The van der Waals surface area contributed by atoms with E-state index >= 15 is 0 Å². The smallest absolute Gasteiger partial charge is 0.0659 e. The number of hydrogen-bond acceptors (Lipinski definition) is 4. The van der Waals surface area contributed by atoms with Crippen LogP contribution in [0.5, 0.6) is 0 Å². The molecule has 1 aromatic heterocycles. The van der Waals surface area contributed by atoms with Crippen LogP contribution >= 0.6 is 0 Å². The van der Waals surface area contributed by atoms with E-state index in [9.17, 15) is 0 Å². The lowest BCUT2D eigenvalue weighted by Crippen LogP contribution is -2.32. The van der Waals surface area contributed by atoms with Gasteiger partial charge in [-0.1, -0.05) is 6.07 Å². The van der Waals surface area contributed by atoms with E-state index in [1.54, 1.807) is 12.4 Å². The first kappa shape index (κ1) is 9.15. The number of aromatic nitrogens is 1. The first-order valence-corrected chi connectivity index (χ1v) is 4.72. The van der Waals surface area contributed by atoms with Crippen LogP contribution < -0.4 is 0 Å². The maximum atomic E-state index is 5.22. The number of ether oxygens (including phenoxy) is 1. The molecule has 0 N–H and O–H groups in total. The Kier molecular flexibility index (Phi) is 3.08. The minimum absolute atomic E-state index is 0.768. The summed E-state index contributed by atoms with van der Waals surface area (Å²) >= 11 is 0. The Balaban J connectivity index is 1.93. The van der Waals surface area contributed by atoms with Crippen LogP contribution in [-0.2, 0) is 4.74 Å². The van der Waals surface area contributed by atoms with Crippen molar-refractivity contribution in [2.24, 2.45) is 5.10 Å². The SMILES string of the molecule is C(=N/N1CCOCC1)/c1cccnc1. The predicted molar refractivity (Wildman–Crippen MR) is 54.2 cm³/mol. The molecule has 1 fully saturated rings. The number of rotatable bonds is 2. The number of hydrazone groups is 1. The average Bonchev–Trinajstić information content (AvgIpc) is 2.29. The second-order valence-electron chi connectivity index (χ2n) is 3.10. The van der Waals surface area contributed by atoms with Crippen molar-refractivity contribution < 1.29 is 4.74 Å². The fourth-order valence-corrected chi connectivity index (χ4v) is 1.27. The maximum absolute atomic E-state index is 5.22. The maximum Gasteiger partial charge on any atom is 0.0659 e. The molecule has 1 aromatic rings. The van der Waals surface area contributed by atoms with Gasteiger partial charge >= 0.3 is 0 Å². The molecule has 0 amide bonds. The van der Waals surface area contributed by atoms with E-state index in [0.29, 0.717) is 0 Å². The summed E-state index contributed by atoms with van der Waals surface area (Å²) in [6.07, 6.45) is 5.38. The zero-order valence-corrected chi connectivity index (χ0v) is 7.97. The van der Waals surface area contributed by atoms with E-state index in [1.165, 1.54) is 0 Å². The second-order valence-corrected chi connectivity index (χ2v) is 3.10. The lowest BCUT2D eigenvalue weighted by atomic mass is 10.3. The highest BCUT2D eigenvalue weighted by molar-refractivity contribution is 5.78. The van der Waals surface area contributed by atoms with Gasteiger partial charge in [-0.15, -0.1) is 0 Å². The summed E-state index contributed by atoms with van der Waals surface area (Å²) in [6, 6.07) is 3.89. The van der Waals surface area contributed by atoms with Crippen molar-refractivity contribution >= 4 is 6.21 Å². The summed E-state index contributed by atoms with van der Waals surface area (Å²) in [5, 5.41) is 6.35. The molecule has 0 saturated carbocycles. The van der Waals surface area contributed by atoms with Gasteiger partial charge in [-0.25, -0.2) is 0 Å². The molecule has 0 radical (unpaired) electrons. The van der Waals surface area contributed by atoms with Crippen molar-refractivity contribution in [3.05, 3.63) is 30.1 Å². The van der Waals surface area contributed by atoms with Crippen molar-refractivity contribution in [2.75, 3.05) is 26.3 Å². The average molecular weight is 191 g/mol. The van der Waals surface area contributed by atoms with Gasteiger partial charge in [-0.05, 0) is 6.07 Å². The zero-order valence-electron chi connectivity index (χ0n) is 7.97. The summed E-state index contributed by atoms with van der Waals surface area (Å²) < 4.78 is 5.22. The quantitative estimate of drug-likeness (QED) is 0.647. The van der Waals surface area contributed by atoms with Gasteiger partial charge in [0.15, 0.2) is 0 Å². The molecular formula is C10H13N3O. The van der Waals surface area contributed by atoms with Crippen LogP contribution in [0.3, 0.4) is 0 Å². The summed E-state index contributed by atoms with van der Waals surface area (Å²) in [4.78, 5) is 4.01. The predicted octanol–water partition coefficient (Wildman–Crippen LogP) is 0.748. The molecular weight excluding hydrogens is 178 g/mol. The number of pyridine rings is 1. The van der Waals surface area contributed by atoms with Crippen molar-refractivity contribution in [3.8, 4) is 0 Å². The Morgan fingerprint density at radius 1 is 1.43 bits per heavy atom. The van der Waals surface area contributed by atoms with Crippen LogP contribution in [0.25, 0.3) is 0 Å². The lowest BCUT2D eigenvalue weighted by molar-refractivity contribution is 0.0397. The summed E-state index contributed by atoms with van der Waals surface area (Å²) in [5.41, 5.74) is 1.03. The molecule has 0 atom stereocenters. The van der Waals surface area contributed by atoms with Crippen LogP contribution in [0, 0.1) is 0 Å². The van der Waals surface area contributed by atoms with Crippen molar-refractivity contribution in [2.45, 2.75) is 0 Å². The molecule has 1 saturated heterocycles. The molecule has 4 heteroatoms. The third-order valence-corrected chi connectivity index (χ3v) is 2.04. The highest BCUT2D eigenvalue weighted by Crippen LogP contribution is 1.98. The molecule has 14 heavy (non-hydrogen) atoms. The first-order valence-electron chi connectivity index (χ1n) is 4.72. The van der Waals surface area contributed by atoms with Gasteiger partial charge in [0.25, 0.3) is 0 Å². The van der Waals surface area contributed by atoms with Gasteiger partial charge in [0.05, 0.1) is 32.5 Å². The van der Waals surface area contributed by atoms with Crippen LogP contribution in [-0.4, -0.2) is 42.5 Å². The normalized spacial score (nSPS) is 17.6. The van der Waals surface area contributed by atoms with E-state index in [4.69, 9.17) is 4.74 Å². The summed E-state index contributed by atoms with van der Waals surface area (Å²) in [6.45, 7) is 3.28. The topological polar surface area (TPSA) is 37.7 Å². The standard InChI is InChI=1S/C10H13N3O/c1-2-10(8-11-3-1)9-12-13-4-6-14-7-5-13/h1-3,8-9H,4-7H2/b12-9-. The summed E-state index contributed by atoms with van der Waals surface area (Å²) in [7, 11) is 0. The highest BCUT2D eigenvalue weighted by Gasteiger charge is 2.05. The Morgan fingerprint density at radius 3 is 3.00 bits per heavy atom. The van der Waals surface area contributed by atoms with E-state index in [-0.39, 0.29) is 0 Å². The fraction of sp³-hybridized carbons (Fsp3) is 0.400. The molecule has 0 unspecified atom stereocenters. The van der Waals surface area contributed by atoms with Gasteiger partial charge in [0.2, 0.25) is 0 Å². The molecule has 0 aromatic carbocycles. The van der Waals surface area contributed by atoms with E-state index < -0.39 is 0 Å². The van der Waals surface area contributed by atoms with Crippen molar-refractivity contribution in [1.82, 2.24) is 9.99 Å². The second kappa shape index (κ2) is 4.72. The van der Waals surface area contributed by atoms with E-state index in [1.807, 2.05) is 23.4 Å². The van der Waals surface area contributed by atoms with Gasteiger partial charge < -0.3 is 4.74 Å². The number of hydrogen-bond donors (Lipinski definition) is 0. The Morgan fingerprint density at radius 2 is 2.29 bits per heavy atom. The zero-order chi connectivity index (χ0) is 9.64. The Labute approximate surface area is 83.2 Å². The monoisotopic (exact) mass is 191 g/mol. The lowest BCUT2D eigenvalue weighted by Gasteiger charge is -2.23. The molecule has 74 valence electrons. The highest BCUT2D eigenvalue weighted by atomic mass is 16.5. The number of nitrogens with zero attached hydrogens (tertiary/aromatic N) is 3. The van der Waals surface area contributed by atoms with Crippen LogP contribution in [0.2, 0.25) is 0 Å². The Hall–Kier alpha value is -1.42. The molecule has 2 rings (SSSR count). The summed E-state index contributed by atoms with van der Waals surface area (Å²) in [5.74, 6) is 0. The van der Waals surface area contributed by atoms with Gasteiger partial charge in [0, 0.05) is 18.0 Å². The molecule has 1 aliphatic heterocycles. The minimum atomic E-state index is 0.768. The van der Waals surface area contributed by atoms with Gasteiger partial charge in [-0.3, -0.25) is 9.99 Å². The van der Waals surface area contributed by atoms with Crippen molar-refractivity contribution in [1.29, 1.82) is 0 Å².